The van der Waals surface area contributed by atoms with Crippen LogP contribution in [-0.2, 0) is 0 Å². The van der Waals surface area contributed by atoms with Crippen molar-refractivity contribution in [3.63, 3.8) is 0 Å². The van der Waals surface area contributed by atoms with Crippen LogP contribution in [0.3, 0.4) is 0 Å². The van der Waals surface area contributed by atoms with Gasteiger partial charge in [0.05, 0.1) is 0 Å². The van der Waals surface area contributed by atoms with Crippen LogP contribution >= 0.6 is 0 Å². The molecule has 0 bridgehead atoms. The topological polar surface area (TPSA) is 0 Å². The second kappa shape index (κ2) is 8.13. The summed E-state index contributed by atoms with van der Waals surface area (Å²) in [7, 11) is 0. The standard InChI is InChI=1S/C18H28/c1-5-18(14-11-15(2)3)16(4)12-13-17-9-7-6-8-10-17/h5,11,14,17H,2,4,6-10,12-13H2,1,3H3/b14-11-,18-5?. The van der Waals surface area contributed by atoms with Crippen molar-refractivity contribution in [2.45, 2.75) is 58.8 Å². The number of hydrogen-bond acceptors (Lipinski definition) is 0. The second-order valence-corrected chi connectivity index (χ2v) is 5.57. The van der Waals surface area contributed by atoms with Gasteiger partial charge >= 0.3 is 0 Å². The van der Waals surface area contributed by atoms with E-state index < -0.39 is 0 Å². The Morgan fingerprint density at radius 1 is 1.11 bits per heavy atom. The molecule has 1 saturated carbocycles. The van der Waals surface area contributed by atoms with Crippen LogP contribution in [0.25, 0.3) is 0 Å². The fourth-order valence-electron chi connectivity index (χ4n) is 2.65. The molecule has 0 heteroatoms. The first-order valence-corrected chi connectivity index (χ1v) is 7.31. The molecule has 0 atom stereocenters. The van der Waals surface area contributed by atoms with Crippen molar-refractivity contribution in [1.82, 2.24) is 0 Å². The van der Waals surface area contributed by atoms with E-state index >= 15 is 0 Å². The Morgan fingerprint density at radius 2 is 1.78 bits per heavy atom. The maximum atomic E-state index is 4.24. The molecule has 0 spiro atoms. The van der Waals surface area contributed by atoms with Gasteiger partial charge in [0.2, 0.25) is 0 Å². The predicted octanol–water partition coefficient (Wildman–Crippen LogP) is 5.98. The monoisotopic (exact) mass is 244 g/mol. The quantitative estimate of drug-likeness (QED) is 0.504. The zero-order valence-corrected chi connectivity index (χ0v) is 12.2. The maximum absolute atomic E-state index is 4.24. The number of rotatable bonds is 6. The molecular formula is C18H28. The summed E-state index contributed by atoms with van der Waals surface area (Å²) in [6.45, 7) is 12.2. The Balaban J connectivity index is 2.40. The lowest BCUT2D eigenvalue weighted by atomic mass is 9.84. The Hall–Kier alpha value is -1.04. The summed E-state index contributed by atoms with van der Waals surface area (Å²) in [5.41, 5.74) is 3.64. The van der Waals surface area contributed by atoms with E-state index in [1.54, 1.807) is 0 Å². The molecule has 1 aliphatic rings. The molecule has 0 aromatic carbocycles. The SMILES string of the molecule is C=C(C)/C=C\C(=CC)C(=C)CCC1CCCCC1. The highest BCUT2D eigenvalue weighted by molar-refractivity contribution is 5.39. The Kier molecular flexibility index (Phi) is 6.78. The molecule has 0 amide bonds. The molecule has 0 heterocycles. The zero-order valence-electron chi connectivity index (χ0n) is 12.2. The van der Waals surface area contributed by atoms with E-state index in [-0.39, 0.29) is 0 Å². The van der Waals surface area contributed by atoms with Crippen molar-refractivity contribution in [1.29, 1.82) is 0 Å². The summed E-state index contributed by atoms with van der Waals surface area (Å²) in [5, 5.41) is 0. The van der Waals surface area contributed by atoms with Gasteiger partial charge in [-0.1, -0.05) is 69.1 Å². The minimum absolute atomic E-state index is 0.943. The van der Waals surface area contributed by atoms with Crippen molar-refractivity contribution in [2.75, 3.05) is 0 Å². The summed E-state index contributed by atoms with van der Waals surface area (Å²) in [4.78, 5) is 0. The maximum Gasteiger partial charge on any atom is -0.0273 e. The minimum atomic E-state index is 0.943. The molecule has 100 valence electrons. The fourth-order valence-corrected chi connectivity index (χ4v) is 2.65. The van der Waals surface area contributed by atoms with Crippen LogP contribution in [0.1, 0.15) is 58.8 Å². The molecular weight excluding hydrogens is 216 g/mol. The van der Waals surface area contributed by atoms with Crippen LogP contribution in [0.5, 0.6) is 0 Å². The highest BCUT2D eigenvalue weighted by Gasteiger charge is 2.13. The lowest BCUT2D eigenvalue weighted by molar-refractivity contribution is 0.339. The summed E-state index contributed by atoms with van der Waals surface area (Å²) < 4.78 is 0. The highest BCUT2D eigenvalue weighted by atomic mass is 14.2. The Morgan fingerprint density at radius 3 is 2.33 bits per heavy atom. The van der Waals surface area contributed by atoms with Gasteiger partial charge in [-0.25, -0.2) is 0 Å². The fraction of sp³-hybridized carbons (Fsp3) is 0.556. The Bertz CT molecular complexity index is 335. The number of allylic oxidation sites excluding steroid dienone is 6. The van der Waals surface area contributed by atoms with E-state index in [4.69, 9.17) is 0 Å². The van der Waals surface area contributed by atoms with Crippen molar-refractivity contribution in [2.24, 2.45) is 5.92 Å². The van der Waals surface area contributed by atoms with E-state index in [9.17, 15) is 0 Å². The third-order valence-corrected chi connectivity index (χ3v) is 3.85. The molecule has 18 heavy (non-hydrogen) atoms. The van der Waals surface area contributed by atoms with Gasteiger partial charge in [0, 0.05) is 0 Å². The number of hydrogen-bond donors (Lipinski definition) is 0. The first-order valence-electron chi connectivity index (χ1n) is 7.31. The van der Waals surface area contributed by atoms with Crippen molar-refractivity contribution in [3.05, 3.63) is 48.1 Å². The van der Waals surface area contributed by atoms with Crippen LogP contribution in [0, 0.1) is 5.92 Å². The van der Waals surface area contributed by atoms with Crippen LogP contribution in [0.4, 0.5) is 0 Å². The first-order chi connectivity index (χ1) is 8.63. The van der Waals surface area contributed by atoms with E-state index in [0.29, 0.717) is 0 Å². The smallest absolute Gasteiger partial charge is 0.0273 e. The molecule has 0 N–H and O–H groups in total. The van der Waals surface area contributed by atoms with Crippen LogP contribution < -0.4 is 0 Å². The minimum Gasteiger partial charge on any atom is -0.0961 e. The molecule has 0 aromatic heterocycles. The van der Waals surface area contributed by atoms with Crippen LogP contribution in [0.15, 0.2) is 48.1 Å². The van der Waals surface area contributed by atoms with Crippen molar-refractivity contribution < 1.29 is 0 Å². The van der Waals surface area contributed by atoms with Crippen molar-refractivity contribution >= 4 is 0 Å². The normalized spacial score (nSPS) is 18.2. The average molecular weight is 244 g/mol. The van der Waals surface area contributed by atoms with E-state index in [1.165, 1.54) is 49.7 Å². The molecule has 0 aromatic rings. The van der Waals surface area contributed by atoms with E-state index in [0.717, 1.165) is 17.9 Å². The summed E-state index contributed by atoms with van der Waals surface area (Å²) >= 11 is 0. The van der Waals surface area contributed by atoms with Crippen LogP contribution in [0.2, 0.25) is 0 Å². The van der Waals surface area contributed by atoms with Gasteiger partial charge in [0.15, 0.2) is 0 Å². The lowest BCUT2D eigenvalue weighted by Crippen LogP contribution is -2.06. The molecule has 0 nitrogen and oxygen atoms in total. The first kappa shape index (κ1) is 15.0. The van der Waals surface area contributed by atoms with Gasteiger partial charge in [0.25, 0.3) is 0 Å². The zero-order chi connectivity index (χ0) is 13.4. The van der Waals surface area contributed by atoms with Gasteiger partial charge in [-0.05, 0) is 43.8 Å². The highest BCUT2D eigenvalue weighted by Crippen LogP contribution is 2.29. The Labute approximate surface area is 113 Å². The van der Waals surface area contributed by atoms with E-state index in [2.05, 4.69) is 38.3 Å². The van der Waals surface area contributed by atoms with Gasteiger partial charge in [-0.15, -0.1) is 0 Å². The van der Waals surface area contributed by atoms with E-state index in [1.807, 2.05) is 6.92 Å². The average Bonchev–Trinajstić information content (AvgIpc) is 2.38. The third kappa shape index (κ3) is 5.53. The van der Waals surface area contributed by atoms with Gasteiger partial charge in [0.1, 0.15) is 0 Å². The molecule has 0 saturated heterocycles. The van der Waals surface area contributed by atoms with Gasteiger partial charge in [-0.2, -0.15) is 0 Å². The molecule has 0 unspecified atom stereocenters. The molecule has 1 aliphatic carbocycles. The second-order valence-electron chi connectivity index (χ2n) is 5.57. The summed E-state index contributed by atoms with van der Waals surface area (Å²) in [5.74, 6) is 0.943. The summed E-state index contributed by atoms with van der Waals surface area (Å²) in [6, 6.07) is 0. The predicted molar refractivity (Wildman–Crippen MR) is 82.7 cm³/mol. The van der Waals surface area contributed by atoms with Gasteiger partial charge < -0.3 is 0 Å². The molecule has 1 rings (SSSR count). The third-order valence-electron chi connectivity index (χ3n) is 3.85. The molecule has 0 aliphatic heterocycles. The largest absolute Gasteiger partial charge is 0.0961 e. The lowest BCUT2D eigenvalue weighted by Gasteiger charge is -2.21. The summed E-state index contributed by atoms with van der Waals surface area (Å²) in [6.07, 6.45) is 16.0. The van der Waals surface area contributed by atoms with Gasteiger partial charge in [-0.3, -0.25) is 0 Å². The van der Waals surface area contributed by atoms with Crippen LogP contribution in [-0.4, -0.2) is 0 Å². The molecule has 1 fully saturated rings. The van der Waals surface area contributed by atoms with Crippen molar-refractivity contribution in [3.8, 4) is 0 Å². The molecule has 0 radical (unpaired) electrons.